The third kappa shape index (κ3) is 18.2. The average Bonchev–Trinajstić information content (AvgIpc) is 3.04. The van der Waals surface area contributed by atoms with E-state index >= 15 is 0 Å². The monoisotopic (exact) mass is 443 g/mol. The van der Waals surface area contributed by atoms with Crippen LogP contribution in [0.25, 0.3) is 0 Å². The lowest BCUT2D eigenvalue weighted by molar-refractivity contribution is -0.129. The Morgan fingerprint density at radius 3 is 1.42 bits per heavy atom. The molecule has 3 aliphatic heterocycles. The summed E-state index contributed by atoms with van der Waals surface area (Å²) in [6.45, 7) is 22.8. The molecule has 3 saturated heterocycles. The molecule has 6 heteroatoms. The fraction of sp³-hybridized carbons (Fsp3) is 0.920. The number of rotatable bonds is 1. The van der Waals surface area contributed by atoms with E-state index < -0.39 is 0 Å². The van der Waals surface area contributed by atoms with Crippen molar-refractivity contribution < 1.29 is 14.3 Å². The van der Waals surface area contributed by atoms with E-state index in [0.29, 0.717) is 0 Å². The Kier molecular flexibility index (Phi) is 24.3. The van der Waals surface area contributed by atoms with Gasteiger partial charge >= 0.3 is 0 Å². The second-order valence-corrected chi connectivity index (χ2v) is 7.53. The average molecular weight is 444 g/mol. The highest BCUT2D eigenvalue weighted by Gasteiger charge is 2.12. The Morgan fingerprint density at radius 2 is 1.03 bits per heavy atom. The number of carbonyl (C=O) groups excluding carboxylic acids is 2. The van der Waals surface area contributed by atoms with Gasteiger partial charge in [-0.05, 0) is 38.6 Å². The lowest BCUT2D eigenvalue weighted by Crippen LogP contribution is -2.29. The van der Waals surface area contributed by atoms with E-state index in [0.717, 1.165) is 45.9 Å². The molecular formula is C25H53N3O3. The molecule has 0 radical (unpaired) electrons. The van der Waals surface area contributed by atoms with Crippen molar-refractivity contribution >= 4 is 11.8 Å². The molecule has 3 rings (SSSR count). The van der Waals surface area contributed by atoms with Crippen molar-refractivity contribution in [2.75, 3.05) is 59.0 Å². The predicted molar refractivity (Wildman–Crippen MR) is 132 cm³/mol. The highest BCUT2D eigenvalue weighted by Crippen LogP contribution is 2.09. The van der Waals surface area contributed by atoms with E-state index in [1.54, 1.807) is 13.8 Å². The van der Waals surface area contributed by atoms with E-state index in [9.17, 15) is 9.59 Å². The standard InChI is InChI=1S/C8H15NO.C7H15NO.C6H11NO.2C2H6/c1-8(10)9-6-4-2-3-5-7-9;1-2-8-4-3-6-9-7-5-8;1-6(8)7-4-2-3-5-7;2*1-2/h2-7H2,1H3;2-7H2,1H3;2-5H2,1H3;2*1-2H3. The molecule has 3 aliphatic rings. The lowest BCUT2D eigenvalue weighted by Gasteiger charge is -2.17. The SMILES string of the molecule is CC.CC.CC(=O)N1CCCC1.CC(=O)N1CCCCCC1.CCN1CCCOCC1. The van der Waals surface area contributed by atoms with Crippen molar-refractivity contribution in [1.82, 2.24) is 14.7 Å². The Hall–Kier alpha value is -1.14. The summed E-state index contributed by atoms with van der Waals surface area (Å²) in [4.78, 5) is 27.7. The molecule has 0 aromatic carbocycles. The number of hydrogen-bond donors (Lipinski definition) is 0. The van der Waals surface area contributed by atoms with Crippen LogP contribution in [-0.4, -0.2) is 85.5 Å². The van der Waals surface area contributed by atoms with Crippen molar-refractivity contribution in [3.05, 3.63) is 0 Å². The summed E-state index contributed by atoms with van der Waals surface area (Å²) in [7, 11) is 0. The topological polar surface area (TPSA) is 53.1 Å². The maximum absolute atomic E-state index is 10.9. The van der Waals surface area contributed by atoms with E-state index in [-0.39, 0.29) is 11.8 Å². The van der Waals surface area contributed by atoms with Crippen molar-refractivity contribution in [1.29, 1.82) is 0 Å². The highest BCUT2D eigenvalue weighted by molar-refractivity contribution is 5.73. The van der Waals surface area contributed by atoms with E-state index in [2.05, 4.69) is 11.8 Å². The maximum atomic E-state index is 10.9. The van der Waals surface area contributed by atoms with Crippen LogP contribution in [0.3, 0.4) is 0 Å². The van der Waals surface area contributed by atoms with Gasteiger partial charge in [-0.25, -0.2) is 0 Å². The summed E-state index contributed by atoms with van der Waals surface area (Å²) in [5, 5.41) is 0. The third-order valence-corrected chi connectivity index (χ3v) is 5.36. The number of ether oxygens (including phenoxy) is 1. The summed E-state index contributed by atoms with van der Waals surface area (Å²) in [5.74, 6) is 0.462. The number of amides is 2. The smallest absolute Gasteiger partial charge is 0.219 e. The van der Waals surface area contributed by atoms with Gasteiger partial charge in [0.05, 0.1) is 6.61 Å². The van der Waals surface area contributed by atoms with Gasteiger partial charge in [0.15, 0.2) is 0 Å². The molecule has 0 aliphatic carbocycles. The van der Waals surface area contributed by atoms with Gasteiger partial charge in [-0.15, -0.1) is 0 Å². The summed E-state index contributed by atoms with van der Waals surface area (Å²) in [6, 6.07) is 0. The van der Waals surface area contributed by atoms with Crippen molar-refractivity contribution in [2.45, 2.75) is 93.4 Å². The Balaban J connectivity index is 0. The summed E-state index contributed by atoms with van der Waals surface area (Å²) >= 11 is 0. The molecule has 0 saturated carbocycles. The largest absolute Gasteiger partial charge is 0.380 e. The number of nitrogens with zero attached hydrogens (tertiary/aromatic N) is 3. The zero-order chi connectivity index (χ0) is 23.9. The highest BCUT2D eigenvalue weighted by atomic mass is 16.5. The van der Waals surface area contributed by atoms with Gasteiger partial charge in [0.2, 0.25) is 11.8 Å². The van der Waals surface area contributed by atoms with Gasteiger partial charge in [-0.3, -0.25) is 9.59 Å². The molecule has 3 heterocycles. The number of hydrogen-bond acceptors (Lipinski definition) is 4. The van der Waals surface area contributed by atoms with Crippen LogP contribution in [0.2, 0.25) is 0 Å². The van der Waals surface area contributed by atoms with Crippen LogP contribution < -0.4 is 0 Å². The fourth-order valence-corrected chi connectivity index (χ4v) is 3.53. The van der Waals surface area contributed by atoms with Crippen molar-refractivity contribution in [2.24, 2.45) is 0 Å². The minimum absolute atomic E-state index is 0.225. The molecule has 2 amide bonds. The van der Waals surface area contributed by atoms with E-state index in [1.807, 2.05) is 37.5 Å². The zero-order valence-corrected chi connectivity index (χ0v) is 21.9. The number of likely N-dealkylation sites (tertiary alicyclic amines) is 2. The molecule has 0 spiro atoms. The van der Waals surface area contributed by atoms with Crippen molar-refractivity contribution in [3.63, 3.8) is 0 Å². The van der Waals surface area contributed by atoms with Crippen LogP contribution in [0.1, 0.15) is 93.4 Å². The molecule has 0 aromatic heterocycles. The van der Waals surface area contributed by atoms with Gasteiger partial charge in [-0.2, -0.15) is 0 Å². The lowest BCUT2D eigenvalue weighted by atomic mass is 10.2. The van der Waals surface area contributed by atoms with E-state index in [4.69, 9.17) is 4.74 Å². The molecular weight excluding hydrogens is 390 g/mol. The Labute approximate surface area is 193 Å². The second-order valence-electron chi connectivity index (χ2n) is 7.53. The van der Waals surface area contributed by atoms with E-state index in [1.165, 1.54) is 58.0 Å². The maximum Gasteiger partial charge on any atom is 0.219 e. The molecule has 0 aromatic rings. The minimum Gasteiger partial charge on any atom is -0.380 e. The van der Waals surface area contributed by atoms with Crippen molar-refractivity contribution in [3.8, 4) is 0 Å². The fourth-order valence-electron chi connectivity index (χ4n) is 3.53. The minimum atomic E-state index is 0.225. The first-order valence-electron chi connectivity index (χ1n) is 12.9. The van der Waals surface area contributed by atoms with Gasteiger partial charge in [0, 0.05) is 59.7 Å². The van der Waals surface area contributed by atoms with Crippen LogP contribution in [-0.2, 0) is 14.3 Å². The van der Waals surface area contributed by atoms with Gasteiger partial charge in [-0.1, -0.05) is 47.5 Å². The van der Waals surface area contributed by atoms with Crippen LogP contribution in [0.15, 0.2) is 0 Å². The first kappa shape index (κ1) is 32.0. The predicted octanol–water partition coefficient (Wildman–Crippen LogP) is 4.82. The summed E-state index contributed by atoms with van der Waals surface area (Å²) in [6.07, 6.45) is 8.57. The molecule has 31 heavy (non-hydrogen) atoms. The summed E-state index contributed by atoms with van der Waals surface area (Å²) in [5.41, 5.74) is 0. The Bertz CT molecular complexity index is 397. The molecule has 6 nitrogen and oxygen atoms in total. The number of likely N-dealkylation sites (N-methyl/N-ethyl adjacent to an activating group) is 1. The Morgan fingerprint density at radius 1 is 0.613 bits per heavy atom. The number of carbonyl (C=O) groups is 2. The second kappa shape index (κ2) is 23.5. The quantitative estimate of drug-likeness (QED) is 0.583. The molecule has 186 valence electrons. The molecule has 0 unspecified atom stereocenters. The van der Waals surface area contributed by atoms with Gasteiger partial charge in [0.1, 0.15) is 0 Å². The molecule has 0 N–H and O–H groups in total. The van der Waals surface area contributed by atoms with Gasteiger partial charge in [0.25, 0.3) is 0 Å². The normalized spacial score (nSPS) is 18.8. The first-order valence-corrected chi connectivity index (χ1v) is 12.9. The third-order valence-electron chi connectivity index (χ3n) is 5.36. The van der Waals surface area contributed by atoms with Gasteiger partial charge < -0.3 is 19.4 Å². The zero-order valence-electron chi connectivity index (χ0n) is 21.9. The van der Waals surface area contributed by atoms with Crippen LogP contribution >= 0.6 is 0 Å². The molecule has 0 bridgehead atoms. The first-order chi connectivity index (χ1) is 15.0. The van der Waals surface area contributed by atoms with Crippen LogP contribution in [0, 0.1) is 0 Å². The molecule has 3 fully saturated rings. The van der Waals surface area contributed by atoms with Crippen LogP contribution in [0.4, 0.5) is 0 Å². The molecule has 0 atom stereocenters. The summed E-state index contributed by atoms with van der Waals surface area (Å²) < 4.78 is 5.28. The van der Waals surface area contributed by atoms with Crippen LogP contribution in [0.5, 0.6) is 0 Å².